The Bertz CT molecular complexity index is 1020. The zero-order valence-electron chi connectivity index (χ0n) is 12.2. The minimum Gasteiger partial charge on any atom is -0.462 e. The molecule has 112 valence electrons. The topological polar surface area (TPSA) is 89.4 Å². The summed E-state index contributed by atoms with van der Waals surface area (Å²) >= 11 is 0. The largest absolute Gasteiger partial charge is 0.462 e. The quantitative estimate of drug-likeness (QED) is 0.561. The van der Waals surface area contributed by atoms with E-state index in [0.29, 0.717) is 11.3 Å². The summed E-state index contributed by atoms with van der Waals surface area (Å²) in [7, 11) is 1.60. The lowest BCUT2D eigenvalue weighted by molar-refractivity contribution is 0.0523. The molecule has 1 N–H and O–H groups in total. The number of pyridine rings is 2. The van der Waals surface area contributed by atoms with Gasteiger partial charge in [0.2, 0.25) is 0 Å². The van der Waals surface area contributed by atoms with E-state index >= 15 is 0 Å². The molecule has 0 atom stereocenters. The minimum absolute atomic E-state index is 0.0434. The average Bonchev–Trinajstić information content (AvgIpc) is 2.52. The summed E-state index contributed by atoms with van der Waals surface area (Å²) < 4.78 is 7.75. The fraction of sp³-hybridized carbons (Fsp3) is 0.200. The Labute approximate surface area is 124 Å². The number of aryl methyl sites for hydroxylation is 1. The normalized spacial score (nSPS) is 11.0. The summed E-state index contributed by atoms with van der Waals surface area (Å²) in [5, 5.41) is 8.35. The Kier molecular flexibility index (Phi) is 3.25. The van der Waals surface area contributed by atoms with Gasteiger partial charge in [0.05, 0.1) is 12.0 Å². The van der Waals surface area contributed by atoms with Crippen molar-refractivity contribution in [3.8, 4) is 0 Å². The molecule has 0 radical (unpaired) electrons. The van der Waals surface area contributed by atoms with Crippen molar-refractivity contribution >= 4 is 22.6 Å². The van der Waals surface area contributed by atoms with Gasteiger partial charge in [0.15, 0.2) is 0 Å². The van der Waals surface area contributed by atoms with E-state index in [1.165, 1.54) is 15.0 Å². The third-order valence-corrected chi connectivity index (χ3v) is 3.44. The molecule has 0 aromatic carbocycles. The van der Waals surface area contributed by atoms with E-state index in [0.717, 1.165) is 0 Å². The number of fused-ring (bicyclic) bond motifs is 2. The Morgan fingerprint density at radius 2 is 2.18 bits per heavy atom. The van der Waals surface area contributed by atoms with Gasteiger partial charge in [0, 0.05) is 13.2 Å². The van der Waals surface area contributed by atoms with Crippen molar-refractivity contribution in [1.29, 1.82) is 5.41 Å². The number of aromatic nitrogens is 3. The van der Waals surface area contributed by atoms with E-state index in [1.54, 1.807) is 38.4 Å². The Morgan fingerprint density at radius 3 is 2.91 bits per heavy atom. The first-order valence-corrected chi connectivity index (χ1v) is 6.77. The maximum absolute atomic E-state index is 12.6. The number of hydrogen-bond donors (Lipinski definition) is 1. The Balaban J connectivity index is 2.46. The van der Waals surface area contributed by atoms with Gasteiger partial charge in [-0.25, -0.2) is 9.78 Å². The number of rotatable bonds is 2. The standard InChI is InChI=1S/C15H14N4O3/c1-3-22-15(21)9-8-10-13(18(2)12(9)16)17-11-6-4-5-7-19(11)14(10)20/h4-8,16H,3H2,1-2H3. The predicted molar refractivity (Wildman–Crippen MR) is 79.8 cm³/mol. The van der Waals surface area contributed by atoms with Gasteiger partial charge in [-0.15, -0.1) is 0 Å². The monoisotopic (exact) mass is 298 g/mol. The van der Waals surface area contributed by atoms with Crippen LogP contribution < -0.4 is 11.0 Å². The van der Waals surface area contributed by atoms with Crippen molar-refractivity contribution in [3.05, 3.63) is 51.9 Å². The van der Waals surface area contributed by atoms with Crippen LogP contribution in [0.25, 0.3) is 16.7 Å². The second-order valence-electron chi connectivity index (χ2n) is 4.77. The highest BCUT2D eigenvalue weighted by atomic mass is 16.5. The highest BCUT2D eigenvalue weighted by Crippen LogP contribution is 2.09. The van der Waals surface area contributed by atoms with Gasteiger partial charge in [-0.05, 0) is 25.1 Å². The molecular weight excluding hydrogens is 284 g/mol. The predicted octanol–water partition coefficient (Wildman–Crippen LogP) is 0.842. The number of carbonyl (C=O) groups is 1. The number of esters is 1. The maximum atomic E-state index is 12.6. The Hall–Kier alpha value is -2.96. The number of nitrogens with one attached hydrogen (secondary N) is 1. The molecule has 0 spiro atoms. The third kappa shape index (κ3) is 1.98. The van der Waals surface area contributed by atoms with Crippen LogP contribution in [0.2, 0.25) is 0 Å². The summed E-state index contributed by atoms with van der Waals surface area (Å²) in [6, 6.07) is 6.60. The van der Waals surface area contributed by atoms with Crippen LogP contribution in [0.15, 0.2) is 35.3 Å². The van der Waals surface area contributed by atoms with Crippen LogP contribution in [0.4, 0.5) is 0 Å². The van der Waals surface area contributed by atoms with E-state index in [2.05, 4.69) is 4.98 Å². The Morgan fingerprint density at radius 1 is 1.41 bits per heavy atom. The average molecular weight is 298 g/mol. The molecule has 3 heterocycles. The van der Waals surface area contributed by atoms with E-state index in [1.807, 2.05) is 0 Å². The highest BCUT2D eigenvalue weighted by molar-refractivity contribution is 5.93. The van der Waals surface area contributed by atoms with Crippen LogP contribution in [0, 0.1) is 5.41 Å². The molecular formula is C15H14N4O3. The van der Waals surface area contributed by atoms with Crippen LogP contribution in [-0.4, -0.2) is 26.5 Å². The highest BCUT2D eigenvalue weighted by Gasteiger charge is 2.16. The smallest absolute Gasteiger partial charge is 0.341 e. The van der Waals surface area contributed by atoms with Crippen molar-refractivity contribution in [1.82, 2.24) is 14.0 Å². The molecule has 7 nitrogen and oxygen atoms in total. The molecule has 0 unspecified atom stereocenters. The molecule has 0 amide bonds. The van der Waals surface area contributed by atoms with Crippen LogP contribution in [0.3, 0.4) is 0 Å². The lowest BCUT2D eigenvalue weighted by Gasteiger charge is -2.10. The molecule has 0 fully saturated rings. The lowest BCUT2D eigenvalue weighted by Crippen LogP contribution is -2.29. The zero-order valence-corrected chi connectivity index (χ0v) is 12.2. The van der Waals surface area contributed by atoms with Gasteiger partial charge in [-0.3, -0.25) is 14.6 Å². The molecule has 0 aliphatic rings. The first-order chi connectivity index (χ1) is 10.5. The second kappa shape index (κ2) is 5.10. The number of nitrogens with zero attached hydrogens (tertiary/aromatic N) is 3. The van der Waals surface area contributed by atoms with Crippen molar-refractivity contribution in [3.63, 3.8) is 0 Å². The molecule has 0 aliphatic heterocycles. The zero-order chi connectivity index (χ0) is 15.9. The number of ether oxygens (including phenoxy) is 1. The summed E-state index contributed by atoms with van der Waals surface area (Å²) in [5.41, 5.74) is 0.555. The van der Waals surface area contributed by atoms with Crippen molar-refractivity contribution in [2.24, 2.45) is 7.05 Å². The second-order valence-corrected chi connectivity index (χ2v) is 4.77. The molecule has 3 rings (SSSR count). The van der Waals surface area contributed by atoms with Crippen molar-refractivity contribution in [2.75, 3.05) is 6.61 Å². The maximum Gasteiger partial charge on any atom is 0.341 e. The minimum atomic E-state index is -0.623. The number of hydrogen-bond acceptors (Lipinski definition) is 5. The molecule has 3 aromatic rings. The first kappa shape index (κ1) is 14.0. The first-order valence-electron chi connectivity index (χ1n) is 6.77. The van der Waals surface area contributed by atoms with E-state index in [4.69, 9.17) is 10.1 Å². The van der Waals surface area contributed by atoms with Crippen LogP contribution in [-0.2, 0) is 11.8 Å². The third-order valence-electron chi connectivity index (χ3n) is 3.44. The lowest BCUT2D eigenvalue weighted by atomic mass is 10.2. The van der Waals surface area contributed by atoms with Crippen LogP contribution in [0.1, 0.15) is 17.3 Å². The van der Waals surface area contributed by atoms with Crippen molar-refractivity contribution in [2.45, 2.75) is 6.92 Å². The SMILES string of the molecule is CCOC(=O)c1cc2c(=O)n3ccccc3nc2n(C)c1=N. The molecule has 22 heavy (non-hydrogen) atoms. The van der Waals surface area contributed by atoms with Crippen molar-refractivity contribution < 1.29 is 9.53 Å². The van der Waals surface area contributed by atoms with Gasteiger partial charge >= 0.3 is 5.97 Å². The van der Waals surface area contributed by atoms with E-state index in [9.17, 15) is 9.59 Å². The molecule has 0 saturated heterocycles. The molecule has 3 aromatic heterocycles. The molecule has 0 bridgehead atoms. The van der Waals surface area contributed by atoms with Gasteiger partial charge < -0.3 is 9.30 Å². The van der Waals surface area contributed by atoms with Gasteiger partial charge in [-0.2, -0.15) is 0 Å². The van der Waals surface area contributed by atoms with Crippen LogP contribution in [0.5, 0.6) is 0 Å². The molecule has 0 saturated carbocycles. The fourth-order valence-electron chi connectivity index (χ4n) is 2.34. The van der Waals surface area contributed by atoms with E-state index < -0.39 is 5.97 Å². The van der Waals surface area contributed by atoms with Gasteiger partial charge in [-0.1, -0.05) is 6.07 Å². The summed E-state index contributed by atoms with van der Waals surface area (Å²) in [6.45, 7) is 1.89. The van der Waals surface area contributed by atoms with Crippen LogP contribution >= 0.6 is 0 Å². The van der Waals surface area contributed by atoms with Gasteiger partial charge in [0.1, 0.15) is 22.3 Å². The molecule has 0 aliphatic carbocycles. The fourth-order valence-corrected chi connectivity index (χ4v) is 2.34. The molecule has 7 heteroatoms. The van der Waals surface area contributed by atoms with Gasteiger partial charge in [0.25, 0.3) is 5.56 Å². The summed E-state index contributed by atoms with van der Waals surface area (Å²) in [5.74, 6) is -0.623. The van der Waals surface area contributed by atoms with E-state index in [-0.39, 0.29) is 28.6 Å². The number of carbonyl (C=O) groups excluding carboxylic acids is 1. The summed E-state index contributed by atoms with van der Waals surface area (Å²) in [4.78, 5) is 28.9. The summed E-state index contributed by atoms with van der Waals surface area (Å²) in [6.07, 6.45) is 1.61.